The molecule has 1 aliphatic rings. The van der Waals surface area contributed by atoms with Crippen LogP contribution in [0.2, 0.25) is 10.0 Å². The highest BCUT2D eigenvalue weighted by atomic mass is 35.5. The average Bonchev–Trinajstić information content (AvgIpc) is 3.22. The molecule has 0 atom stereocenters. The summed E-state index contributed by atoms with van der Waals surface area (Å²) in [5.74, 6) is 2.08. The van der Waals surface area contributed by atoms with E-state index in [-0.39, 0.29) is 5.91 Å². The van der Waals surface area contributed by atoms with Gasteiger partial charge in [0.15, 0.2) is 11.5 Å². The standard InChI is InChI=1S/C21H19Cl2N3O4/c22-15-6-4-14(5-7-15)21-25-19(30-26-21)3-1-2-18(27)24-12-13-10-16(23)20-17(11-13)28-8-9-29-20/h4-7,10-11H,1-3,8-9,12H2,(H,24,27). The normalized spacial score (nSPS) is 12.6. The van der Waals surface area contributed by atoms with Gasteiger partial charge in [0.1, 0.15) is 13.2 Å². The van der Waals surface area contributed by atoms with Gasteiger partial charge in [-0.05, 0) is 48.4 Å². The number of fused-ring (bicyclic) bond motifs is 1. The number of rotatable bonds is 7. The quantitative estimate of drug-likeness (QED) is 0.575. The van der Waals surface area contributed by atoms with Crippen molar-refractivity contribution in [2.24, 2.45) is 0 Å². The van der Waals surface area contributed by atoms with Crippen molar-refractivity contribution in [3.63, 3.8) is 0 Å². The highest BCUT2D eigenvalue weighted by Gasteiger charge is 2.17. The molecule has 3 aromatic rings. The Morgan fingerprint density at radius 3 is 2.73 bits per heavy atom. The Hall–Kier alpha value is -2.77. The minimum atomic E-state index is -0.0709. The molecule has 0 saturated heterocycles. The van der Waals surface area contributed by atoms with Crippen LogP contribution >= 0.6 is 23.2 Å². The van der Waals surface area contributed by atoms with Crippen molar-refractivity contribution in [1.82, 2.24) is 15.5 Å². The van der Waals surface area contributed by atoms with Gasteiger partial charge in [-0.2, -0.15) is 4.98 Å². The van der Waals surface area contributed by atoms with E-state index >= 15 is 0 Å². The zero-order valence-electron chi connectivity index (χ0n) is 16.0. The molecule has 2 aromatic carbocycles. The summed E-state index contributed by atoms with van der Waals surface area (Å²) >= 11 is 12.1. The van der Waals surface area contributed by atoms with Crippen LogP contribution in [0.3, 0.4) is 0 Å². The van der Waals surface area contributed by atoms with Gasteiger partial charge >= 0.3 is 0 Å². The zero-order valence-corrected chi connectivity index (χ0v) is 17.5. The number of hydrogen-bond donors (Lipinski definition) is 1. The van der Waals surface area contributed by atoms with E-state index in [0.717, 1.165) is 11.1 Å². The molecule has 7 nitrogen and oxygen atoms in total. The first kappa shape index (κ1) is 20.5. The monoisotopic (exact) mass is 447 g/mol. The Morgan fingerprint density at radius 2 is 1.90 bits per heavy atom. The van der Waals surface area contributed by atoms with E-state index in [9.17, 15) is 4.79 Å². The Labute approximate surface area is 183 Å². The lowest BCUT2D eigenvalue weighted by Gasteiger charge is -2.20. The molecule has 0 radical (unpaired) electrons. The molecule has 1 N–H and O–H groups in total. The van der Waals surface area contributed by atoms with E-state index in [2.05, 4.69) is 15.5 Å². The van der Waals surface area contributed by atoms with Crippen LogP contribution in [-0.2, 0) is 17.8 Å². The van der Waals surface area contributed by atoms with E-state index in [0.29, 0.717) is 72.3 Å². The minimum absolute atomic E-state index is 0.0709. The highest BCUT2D eigenvalue weighted by Crippen LogP contribution is 2.38. The van der Waals surface area contributed by atoms with Crippen LogP contribution in [0.4, 0.5) is 0 Å². The van der Waals surface area contributed by atoms with Gasteiger partial charge in [-0.1, -0.05) is 28.4 Å². The lowest BCUT2D eigenvalue weighted by atomic mass is 10.1. The van der Waals surface area contributed by atoms with Crippen molar-refractivity contribution in [1.29, 1.82) is 0 Å². The molecule has 1 aliphatic heterocycles. The number of aromatic nitrogens is 2. The van der Waals surface area contributed by atoms with Gasteiger partial charge < -0.3 is 19.3 Å². The van der Waals surface area contributed by atoms with Crippen molar-refractivity contribution < 1.29 is 18.8 Å². The Morgan fingerprint density at radius 1 is 1.10 bits per heavy atom. The molecule has 156 valence electrons. The number of amides is 1. The molecule has 9 heteroatoms. The predicted molar refractivity (Wildman–Crippen MR) is 112 cm³/mol. The zero-order chi connectivity index (χ0) is 20.9. The number of nitrogens with one attached hydrogen (secondary N) is 1. The van der Waals surface area contributed by atoms with Crippen LogP contribution in [0.5, 0.6) is 11.5 Å². The van der Waals surface area contributed by atoms with Crippen molar-refractivity contribution in [2.75, 3.05) is 13.2 Å². The summed E-state index contributed by atoms with van der Waals surface area (Å²) < 4.78 is 16.3. The second kappa shape index (κ2) is 9.36. The predicted octanol–water partition coefficient (Wildman–Crippen LogP) is 4.45. The molecule has 0 fully saturated rings. The van der Waals surface area contributed by atoms with E-state index in [1.165, 1.54) is 0 Å². The molecule has 4 rings (SSSR count). The molecule has 2 heterocycles. The Kier molecular flexibility index (Phi) is 6.40. The van der Waals surface area contributed by atoms with Crippen molar-refractivity contribution in [3.8, 4) is 22.9 Å². The summed E-state index contributed by atoms with van der Waals surface area (Å²) in [6.07, 6.45) is 1.46. The van der Waals surface area contributed by atoms with Gasteiger partial charge in [0.25, 0.3) is 0 Å². The minimum Gasteiger partial charge on any atom is -0.486 e. The molecule has 0 bridgehead atoms. The third kappa shape index (κ3) is 5.04. The van der Waals surface area contributed by atoms with E-state index in [1.54, 1.807) is 18.2 Å². The summed E-state index contributed by atoms with van der Waals surface area (Å²) in [6, 6.07) is 10.8. The summed E-state index contributed by atoms with van der Waals surface area (Å²) in [6.45, 7) is 1.31. The maximum atomic E-state index is 12.2. The third-order valence-corrected chi connectivity index (χ3v) is 5.04. The fourth-order valence-corrected chi connectivity index (χ4v) is 3.44. The Bertz CT molecular complexity index is 1040. The number of carbonyl (C=O) groups excluding carboxylic acids is 1. The molecular weight excluding hydrogens is 429 g/mol. The number of ether oxygens (including phenoxy) is 2. The maximum Gasteiger partial charge on any atom is 0.226 e. The first-order valence-electron chi connectivity index (χ1n) is 9.52. The number of carbonyl (C=O) groups is 1. The van der Waals surface area contributed by atoms with Gasteiger partial charge in [-0.15, -0.1) is 0 Å². The number of benzene rings is 2. The fraction of sp³-hybridized carbons (Fsp3) is 0.286. The van der Waals surface area contributed by atoms with Crippen LogP contribution < -0.4 is 14.8 Å². The van der Waals surface area contributed by atoms with Gasteiger partial charge in [-0.3, -0.25) is 4.79 Å². The van der Waals surface area contributed by atoms with Crippen LogP contribution in [0.1, 0.15) is 24.3 Å². The summed E-state index contributed by atoms with van der Waals surface area (Å²) in [7, 11) is 0. The van der Waals surface area contributed by atoms with Crippen molar-refractivity contribution in [3.05, 3.63) is 57.9 Å². The molecule has 0 spiro atoms. The molecule has 0 saturated carbocycles. The summed E-state index contributed by atoms with van der Waals surface area (Å²) in [5.41, 5.74) is 1.67. The summed E-state index contributed by atoms with van der Waals surface area (Å²) in [4.78, 5) is 16.5. The van der Waals surface area contributed by atoms with E-state index in [4.69, 9.17) is 37.2 Å². The highest BCUT2D eigenvalue weighted by molar-refractivity contribution is 6.32. The first-order valence-corrected chi connectivity index (χ1v) is 10.3. The van der Waals surface area contributed by atoms with Gasteiger partial charge in [0, 0.05) is 30.0 Å². The second-order valence-corrected chi connectivity index (χ2v) is 7.59. The van der Waals surface area contributed by atoms with E-state index < -0.39 is 0 Å². The molecule has 0 unspecified atom stereocenters. The van der Waals surface area contributed by atoms with Crippen molar-refractivity contribution >= 4 is 29.1 Å². The van der Waals surface area contributed by atoms with Gasteiger partial charge in [-0.25, -0.2) is 0 Å². The number of nitrogens with zero attached hydrogens (tertiary/aromatic N) is 2. The number of hydrogen-bond acceptors (Lipinski definition) is 6. The lowest BCUT2D eigenvalue weighted by Crippen LogP contribution is -2.23. The van der Waals surface area contributed by atoms with Crippen LogP contribution in [0.15, 0.2) is 40.9 Å². The van der Waals surface area contributed by atoms with Crippen LogP contribution in [0.25, 0.3) is 11.4 Å². The van der Waals surface area contributed by atoms with Gasteiger partial charge in [0.2, 0.25) is 17.6 Å². The van der Waals surface area contributed by atoms with Crippen LogP contribution in [-0.4, -0.2) is 29.3 Å². The fourth-order valence-electron chi connectivity index (χ4n) is 3.03. The third-order valence-electron chi connectivity index (χ3n) is 4.51. The maximum absolute atomic E-state index is 12.2. The topological polar surface area (TPSA) is 86.5 Å². The molecule has 0 aliphatic carbocycles. The van der Waals surface area contributed by atoms with Gasteiger partial charge in [0.05, 0.1) is 5.02 Å². The molecule has 30 heavy (non-hydrogen) atoms. The number of halogens is 2. The first-order chi connectivity index (χ1) is 14.6. The SMILES string of the molecule is O=C(CCCc1nc(-c2ccc(Cl)cc2)no1)NCc1cc(Cl)c2c(c1)OCCO2. The largest absolute Gasteiger partial charge is 0.486 e. The lowest BCUT2D eigenvalue weighted by molar-refractivity contribution is -0.121. The molecular formula is C21H19Cl2N3O4. The van der Waals surface area contributed by atoms with E-state index in [1.807, 2.05) is 18.2 Å². The molecule has 1 amide bonds. The average molecular weight is 448 g/mol. The van der Waals surface area contributed by atoms with Crippen molar-refractivity contribution in [2.45, 2.75) is 25.8 Å². The second-order valence-electron chi connectivity index (χ2n) is 6.75. The smallest absolute Gasteiger partial charge is 0.226 e. The molecule has 1 aromatic heterocycles. The summed E-state index contributed by atoms with van der Waals surface area (Å²) in [5, 5.41) is 7.97. The number of aryl methyl sites for hydroxylation is 1. The van der Waals surface area contributed by atoms with Crippen LogP contribution in [0, 0.1) is 0 Å². The Balaban J connectivity index is 1.24.